The second-order valence-corrected chi connectivity index (χ2v) is 9.73. The van der Waals surface area contributed by atoms with Crippen LogP contribution in [0.2, 0.25) is 0 Å². The van der Waals surface area contributed by atoms with E-state index >= 15 is 0 Å². The molecule has 0 bridgehead atoms. The second kappa shape index (κ2) is 9.30. The van der Waals surface area contributed by atoms with Crippen molar-refractivity contribution in [1.29, 1.82) is 0 Å². The van der Waals surface area contributed by atoms with Gasteiger partial charge in [0.2, 0.25) is 0 Å². The van der Waals surface area contributed by atoms with Crippen LogP contribution in [0.1, 0.15) is 16.8 Å². The topological polar surface area (TPSA) is 98.1 Å². The number of fused-ring (bicyclic) bond motifs is 2. The molecule has 0 spiro atoms. The van der Waals surface area contributed by atoms with Gasteiger partial charge in [-0.2, -0.15) is 5.10 Å². The van der Waals surface area contributed by atoms with E-state index in [9.17, 15) is 4.79 Å². The molecule has 0 aliphatic heterocycles. The van der Waals surface area contributed by atoms with Gasteiger partial charge in [-0.25, -0.2) is 15.0 Å². The molecule has 9 nitrogen and oxygen atoms in total. The zero-order chi connectivity index (χ0) is 24.5. The highest BCUT2D eigenvalue weighted by molar-refractivity contribution is 7.11. The monoisotopic (exact) mass is 487 g/mol. The average Bonchev–Trinajstić information content (AvgIpc) is 3.44. The highest BCUT2D eigenvalue weighted by Crippen LogP contribution is 2.33. The summed E-state index contributed by atoms with van der Waals surface area (Å²) in [6, 6.07) is 11.6. The summed E-state index contributed by atoms with van der Waals surface area (Å²) in [6.07, 6.45) is 4.62. The van der Waals surface area contributed by atoms with Crippen LogP contribution in [0.25, 0.3) is 21.8 Å². The summed E-state index contributed by atoms with van der Waals surface area (Å²) in [5, 5.41) is 10.7. The summed E-state index contributed by atoms with van der Waals surface area (Å²) in [5.41, 5.74) is 2.62. The van der Waals surface area contributed by atoms with Crippen molar-refractivity contribution >= 4 is 50.6 Å². The molecule has 0 aliphatic rings. The van der Waals surface area contributed by atoms with Crippen LogP contribution in [0.4, 0.5) is 11.5 Å². The Bertz CT molecular complexity index is 1520. The summed E-state index contributed by atoms with van der Waals surface area (Å²) in [4.78, 5) is 28.2. The molecule has 3 aromatic heterocycles. The lowest BCUT2D eigenvalue weighted by Gasteiger charge is -2.20. The van der Waals surface area contributed by atoms with Crippen LogP contribution in [-0.2, 0) is 11.3 Å². The first kappa shape index (κ1) is 22.7. The lowest BCUT2D eigenvalue weighted by atomic mass is 10.2. The van der Waals surface area contributed by atoms with Gasteiger partial charge < -0.3 is 15.0 Å². The molecule has 35 heavy (non-hydrogen) atoms. The molecule has 2 aromatic carbocycles. The Morgan fingerprint density at radius 2 is 2.03 bits per heavy atom. The van der Waals surface area contributed by atoms with Crippen molar-refractivity contribution in [3.8, 4) is 5.75 Å². The smallest absolute Gasteiger partial charge is 0.262 e. The number of thiazole rings is 1. The molecule has 0 saturated carbocycles. The number of carbonyl (C=O) groups is 1. The van der Waals surface area contributed by atoms with Gasteiger partial charge in [-0.05, 0) is 44.2 Å². The largest absolute Gasteiger partial charge is 0.480 e. The third kappa shape index (κ3) is 4.65. The van der Waals surface area contributed by atoms with E-state index < -0.39 is 6.10 Å². The molecule has 0 saturated heterocycles. The molecule has 1 atom stereocenters. The maximum atomic E-state index is 12.3. The van der Waals surface area contributed by atoms with Gasteiger partial charge in [0, 0.05) is 36.2 Å². The Balaban J connectivity index is 1.45. The normalized spacial score (nSPS) is 12.1. The standard InChI is InChI=1S/C25H25N7O2S/c1-15(25(33)31(3)4)34-22-7-5-6-20-23(22)24(28-14-27-20)30-18-8-9-21-17(10-18)11-29-32(21)13-19-12-26-16(2)35-19/h5-12,14-15H,13H2,1-4H3,(H,27,28,30). The number of rotatable bonds is 7. The molecule has 10 heteroatoms. The molecule has 1 amide bonds. The molecule has 1 N–H and O–H groups in total. The first-order valence-corrected chi connectivity index (χ1v) is 12.0. The molecule has 0 fully saturated rings. The van der Waals surface area contributed by atoms with Crippen molar-refractivity contribution < 1.29 is 9.53 Å². The van der Waals surface area contributed by atoms with E-state index in [1.165, 1.54) is 11.2 Å². The number of carbonyl (C=O) groups excluding carboxylic acids is 1. The number of aryl methyl sites for hydroxylation is 1. The predicted molar refractivity (Wildman–Crippen MR) is 137 cm³/mol. The van der Waals surface area contributed by atoms with E-state index in [1.807, 2.05) is 60.4 Å². The van der Waals surface area contributed by atoms with E-state index in [4.69, 9.17) is 4.74 Å². The Hall–Kier alpha value is -4.05. The number of likely N-dealkylation sites (N-methyl/N-ethyl adjacent to an activating group) is 1. The molecule has 178 valence electrons. The van der Waals surface area contributed by atoms with Crippen LogP contribution < -0.4 is 10.1 Å². The predicted octanol–water partition coefficient (Wildman–Crippen LogP) is 4.39. The number of aromatic nitrogens is 5. The van der Waals surface area contributed by atoms with Crippen LogP contribution in [-0.4, -0.2) is 55.7 Å². The van der Waals surface area contributed by atoms with Crippen molar-refractivity contribution in [1.82, 2.24) is 29.6 Å². The van der Waals surface area contributed by atoms with Crippen LogP contribution in [0.15, 0.2) is 55.1 Å². The number of anilines is 2. The molecule has 5 aromatic rings. The first-order valence-electron chi connectivity index (χ1n) is 11.1. The summed E-state index contributed by atoms with van der Waals surface area (Å²) in [6.45, 7) is 4.42. The summed E-state index contributed by atoms with van der Waals surface area (Å²) >= 11 is 1.68. The van der Waals surface area contributed by atoms with Crippen molar-refractivity contribution in [3.05, 3.63) is 65.0 Å². The van der Waals surface area contributed by atoms with Gasteiger partial charge in [0.1, 0.15) is 17.9 Å². The van der Waals surface area contributed by atoms with Gasteiger partial charge in [-0.15, -0.1) is 11.3 Å². The number of nitrogens with one attached hydrogen (secondary N) is 1. The molecule has 0 aliphatic carbocycles. The van der Waals surface area contributed by atoms with E-state index in [1.54, 1.807) is 32.4 Å². The Morgan fingerprint density at radius 3 is 2.80 bits per heavy atom. The average molecular weight is 488 g/mol. The van der Waals surface area contributed by atoms with Gasteiger partial charge in [-0.3, -0.25) is 9.48 Å². The number of ether oxygens (including phenoxy) is 1. The van der Waals surface area contributed by atoms with Crippen LogP contribution in [0.3, 0.4) is 0 Å². The summed E-state index contributed by atoms with van der Waals surface area (Å²) in [5.74, 6) is 1.02. The maximum absolute atomic E-state index is 12.3. The van der Waals surface area contributed by atoms with Crippen molar-refractivity contribution in [2.45, 2.75) is 26.5 Å². The number of nitrogens with zero attached hydrogens (tertiary/aromatic N) is 6. The quantitative estimate of drug-likeness (QED) is 0.363. The molecule has 0 radical (unpaired) electrons. The van der Waals surface area contributed by atoms with Gasteiger partial charge in [0.15, 0.2) is 6.10 Å². The van der Waals surface area contributed by atoms with Crippen LogP contribution in [0, 0.1) is 6.92 Å². The minimum atomic E-state index is -0.645. The number of benzene rings is 2. The van der Waals surface area contributed by atoms with E-state index in [2.05, 4.69) is 25.4 Å². The summed E-state index contributed by atoms with van der Waals surface area (Å²) < 4.78 is 8.01. The third-order valence-electron chi connectivity index (χ3n) is 5.60. The minimum Gasteiger partial charge on any atom is -0.480 e. The Kier molecular flexibility index (Phi) is 6.04. The Labute approximate surface area is 206 Å². The van der Waals surface area contributed by atoms with Gasteiger partial charge >= 0.3 is 0 Å². The third-order valence-corrected chi connectivity index (χ3v) is 6.49. The SMILES string of the molecule is Cc1ncc(Cn2ncc3cc(Nc4ncnc5cccc(OC(C)C(=O)N(C)C)c45)ccc32)s1. The van der Waals surface area contributed by atoms with Crippen LogP contribution in [0.5, 0.6) is 5.75 Å². The van der Waals surface area contributed by atoms with E-state index in [0.717, 1.165) is 32.0 Å². The lowest BCUT2D eigenvalue weighted by molar-refractivity contribution is -0.135. The maximum Gasteiger partial charge on any atom is 0.262 e. The van der Waals surface area contributed by atoms with Gasteiger partial charge in [0.25, 0.3) is 5.91 Å². The summed E-state index contributed by atoms with van der Waals surface area (Å²) in [7, 11) is 3.41. The first-order chi connectivity index (χ1) is 16.9. The number of hydrogen-bond acceptors (Lipinski definition) is 8. The number of hydrogen-bond donors (Lipinski definition) is 1. The molecule has 1 unspecified atom stereocenters. The minimum absolute atomic E-state index is 0.121. The van der Waals surface area contributed by atoms with Crippen LogP contribution >= 0.6 is 11.3 Å². The zero-order valence-electron chi connectivity index (χ0n) is 19.9. The number of amides is 1. The van der Waals surface area contributed by atoms with Gasteiger partial charge in [-0.1, -0.05) is 6.07 Å². The molecular formula is C25H25N7O2S. The van der Waals surface area contributed by atoms with Crippen molar-refractivity contribution in [3.63, 3.8) is 0 Å². The molecule has 3 heterocycles. The molecule has 5 rings (SSSR count). The second-order valence-electron chi connectivity index (χ2n) is 8.41. The van der Waals surface area contributed by atoms with Crippen molar-refractivity contribution in [2.75, 3.05) is 19.4 Å². The highest BCUT2D eigenvalue weighted by Gasteiger charge is 2.19. The zero-order valence-corrected chi connectivity index (χ0v) is 20.7. The van der Waals surface area contributed by atoms with Crippen molar-refractivity contribution in [2.24, 2.45) is 0 Å². The Morgan fingerprint density at radius 1 is 1.17 bits per heavy atom. The lowest BCUT2D eigenvalue weighted by Crippen LogP contribution is -2.35. The highest BCUT2D eigenvalue weighted by atomic mass is 32.1. The van der Waals surface area contributed by atoms with E-state index in [-0.39, 0.29) is 5.91 Å². The van der Waals surface area contributed by atoms with Gasteiger partial charge in [0.05, 0.1) is 34.2 Å². The molecular weight excluding hydrogens is 462 g/mol. The fourth-order valence-electron chi connectivity index (χ4n) is 3.93. The fourth-order valence-corrected chi connectivity index (χ4v) is 4.71. The van der Waals surface area contributed by atoms with E-state index in [0.29, 0.717) is 23.5 Å². The fraction of sp³-hybridized carbons (Fsp3) is 0.240.